The van der Waals surface area contributed by atoms with Crippen molar-refractivity contribution in [2.75, 3.05) is 33.4 Å². The summed E-state index contributed by atoms with van der Waals surface area (Å²) < 4.78 is 10.4. The van der Waals surface area contributed by atoms with Gasteiger partial charge < -0.3 is 14.4 Å². The average Bonchev–Trinajstić information content (AvgIpc) is 2.63. The van der Waals surface area contributed by atoms with E-state index in [9.17, 15) is 4.79 Å². The first-order chi connectivity index (χ1) is 7.13. The number of nitrogens with zero attached hydrogens (tertiary/aromatic N) is 1. The molecular weight excluding hydrogens is 194 g/mol. The van der Waals surface area contributed by atoms with Gasteiger partial charge in [0.2, 0.25) is 5.91 Å². The Morgan fingerprint density at radius 2 is 2.27 bits per heavy atom. The Bertz CT molecular complexity index is 206. The van der Waals surface area contributed by atoms with Crippen LogP contribution in [0.4, 0.5) is 0 Å². The summed E-state index contributed by atoms with van der Waals surface area (Å²) in [6.45, 7) is 6.48. The van der Waals surface area contributed by atoms with Crippen LogP contribution in [0, 0.1) is 5.92 Å². The van der Waals surface area contributed by atoms with E-state index in [0.29, 0.717) is 5.92 Å². The highest BCUT2D eigenvalue weighted by atomic mass is 16.5. The second-order valence-corrected chi connectivity index (χ2v) is 4.31. The zero-order valence-corrected chi connectivity index (χ0v) is 9.86. The number of amides is 1. The summed E-state index contributed by atoms with van der Waals surface area (Å²) in [6, 6.07) is 0. The zero-order chi connectivity index (χ0) is 11.3. The molecule has 1 saturated heterocycles. The maximum atomic E-state index is 11.7. The van der Waals surface area contributed by atoms with Gasteiger partial charge in [-0.05, 0) is 20.3 Å². The van der Waals surface area contributed by atoms with E-state index in [1.807, 2.05) is 18.7 Å². The number of hydrogen-bond acceptors (Lipinski definition) is 3. The second kappa shape index (κ2) is 6.08. The maximum Gasteiger partial charge on any atom is 0.248 e. The third-order valence-electron chi connectivity index (χ3n) is 2.58. The molecule has 0 aromatic rings. The summed E-state index contributed by atoms with van der Waals surface area (Å²) in [5, 5.41) is 0. The van der Waals surface area contributed by atoms with E-state index in [1.54, 1.807) is 7.11 Å². The van der Waals surface area contributed by atoms with Crippen LogP contribution in [-0.4, -0.2) is 50.3 Å². The van der Waals surface area contributed by atoms with E-state index in [-0.39, 0.29) is 18.6 Å². The number of ether oxygens (including phenoxy) is 2. The third-order valence-corrected chi connectivity index (χ3v) is 2.58. The van der Waals surface area contributed by atoms with Gasteiger partial charge in [-0.2, -0.15) is 0 Å². The number of rotatable bonds is 5. The van der Waals surface area contributed by atoms with Gasteiger partial charge in [0.05, 0.1) is 12.7 Å². The molecule has 0 bridgehead atoms. The molecule has 0 radical (unpaired) electrons. The fourth-order valence-electron chi connectivity index (χ4n) is 1.76. The van der Waals surface area contributed by atoms with Crippen molar-refractivity contribution in [2.45, 2.75) is 26.4 Å². The first kappa shape index (κ1) is 12.5. The topological polar surface area (TPSA) is 38.8 Å². The molecule has 0 aromatic heterocycles. The molecular formula is C11H21NO3. The first-order valence-electron chi connectivity index (χ1n) is 5.51. The summed E-state index contributed by atoms with van der Waals surface area (Å²) >= 11 is 0. The lowest BCUT2D eigenvalue weighted by Crippen LogP contribution is -2.33. The summed E-state index contributed by atoms with van der Waals surface area (Å²) in [6.07, 6.45) is 1.16. The van der Waals surface area contributed by atoms with Crippen LogP contribution >= 0.6 is 0 Å². The van der Waals surface area contributed by atoms with Crippen LogP contribution in [0.2, 0.25) is 0 Å². The Labute approximate surface area is 91.5 Å². The van der Waals surface area contributed by atoms with Crippen molar-refractivity contribution >= 4 is 5.91 Å². The number of carbonyl (C=O) groups is 1. The van der Waals surface area contributed by atoms with E-state index >= 15 is 0 Å². The van der Waals surface area contributed by atoms with Gasteiger partial charge in [0, 0.05) is 26.1 Å². The molecule has 1 aliphatic heterocycles. The lowest BCUT2D eigenvalue weighted by molar-refractivity contribution is -0.136. The Kier molecular flexibility index (Phi) is 5.05. The van der Waals surface area contributed by atoms with Crippen molar-refractivity contribution in [1.82, 2.24) is 4.90 Å². The van der Waals surface area contributed by atoms with E-state index in [1.165, 1.54) is 0 Å². The van der Waals surface area contributed by atoms with Crippen molar-refractivity contribution < 1.29 is 14.3 Å². The lowest BCUT2D eigenvalue weighted by Gasteiger charge is -2.17. The molecule has 88 valence electrons. The predicted octanol–water partition coefficient (Wildman–Crippen LogP) is 0.906. The highest BCUT2D eigenvalue weighted by Gasteiger charge is 2.25. The average molecular weight is 215 g/mol. The van der Waals surface area contributed by atoms with E-state index in [4.69, 9.17) is 9.47 Å². The lowest BCUT2D eigenvalue weighted by atomic mass is 10.1. The molecule has 1 fully saturated rings. The quantitative estimate of drug-likeness (QED) is 0.684. The number of hydrogen-bond donors (Lipinski definition) is 0. The van der Waals surface area contributed by atoms with Crippen molar-refractivity contribution in [3.63, 3.8) is 0 Å². The standard InChI is InChI=1S/C11H21NO3/c1-9(2)15-8-11(13)12-5-4-10(6-12)7-14-3/h9-10H,4-8H2,1-3H3. The van der Waals surface area contributed by atoms with Crippen molar-refractivity contribution in [3.8, 4) is 0 Å². The molecule has 1 heterocycles. The van der Waals surface area contributed by atoms with Crippen molar-refractivity contribution in [1.29, 1.82) is 0 Å². The summed E-state index contributed by atoms with van der Waals surface area (Å²) in [5.41, 5.74) is 0. The van der Waals surface area contributed by atoms with Crippen LogP contribution < -0.4 is 0 Å². The van der Waals surface area contributed by atoms with Crippen LogP contribution in [0.1, 0.15) is 20.3 Å². The molecule has 0 aliphatic carbocycles. The molecule has 0 N–H and O–H groups in total. The zero-order valence-electron chi connectivity index (χ0n) is 9.86. The molecule has 1 atom stereocenters. The molecule has 15 heavy (non-hydrogen) atoms. The Morgan fingerprint density at radius 3 is 2.87 bits per heavy atom. The normalized spacial score (nSPS) is 21.3. The molecule has 0 spiro atoms. The van der Waals surface area contributed by atoms with E-state index in [0.717, 1.165) is 26.1 Å². The summed E-state index contributed by atoms with van der Waals surface area (Å²) in [4.78, 5) is 13.5. The van der Waals surface area contributed by atoms with Crippen LogP contribution in [0.25, 0.3) is 0 Å². The molecule has 0 aromatic carbocycles. The Hall–Kier alpha value is -0.610. The van der Waals surface area contributed by atoms with Crippen LogP contribution in [-0.2, 0) is 14.3 Å². The summed E-state index contributed by atoms with van der Waals surface area (Å²) in [7, 11) is 1.70. The monoisotopic (exact) mass is 215 g/mol. The minimum Gasteiger partial charge on any atom is -0.384 e. The van der Waals surface area contributed by atoms with Crippen LogP contribution in [0.5, 0.6) is 0 Å². The van der Waals surface area contributed by atoms with E-state index < -0.39 is 0 Å². The van der Waals surface area contributed by atoms with Gasteiger partial charge >= 0.3 is 0 Å². The highest BCUT2D eigenvalue weighted by molar-refractivity contribution is 5.77. The predicted molar refractivity (Wildman–Crippen MR) is 57.7 cm³/mol. The number of likely N-dealkylation sites (tertiary alicyclic amines) is 1. The smallest absolute Gasteiger partial charge is 0.248 e. The maximum absolute atomic E-state index is 11.7. The third kappa shape index (κ3) is 4.18. The SMILES string of the molecule is COCC1CCN(C(=O)COC(C)C)C1. The van der Waals surface area contributed by atoms with Crippen molar-refractivity contribution in [2.24, 2.45) is 5.92 Å². The van der Waals surface area contributed by atoms with Gasteiger partial charge in [0.1, 0.15) is 6.61 Å². The fourth-order valence-corrected chi connectivity index (χ4v) is 1.76. The van der Waals surface area contributed by atoms with Crippen LogP contribution in [0.15, 0.2) is 0 Å². The minimum absolute atomic E-state index is 0.0994. The highest BCUT2D eigenvalue weighted by Crippen LogP contribution is 2.16. The molecule has 0 saturated carbocycles. The van der Waals surface area contributed by atoms with E-state index in [2.05, 4.69) is 0 Å². The second-order valence-electron chi connectivity index (χ2n) is 4.31. The molecule has 1 rings (SSSR count). The number of carbonyl (C=O) groups excluding carboxylic acids is 1. The Balaban J connectivity index is 2.24. The molecule has 1 unspecified atom stereocenters. The fraction of sp³-hybridized carbons (Fsp3) is 0.909. The van der Waals surface area contributed by atoms with Gasteiger partial charge in [0.15, 0.2) is 0 Å². The number of methoxy groups -OCH3 is 1. The molecule has 1 aliphatic rings. The van der Waals surface area contributed by atoms with Gasteiger partial charge in [-0.25, -0.2) is 0 Å². The van der Waals surface area contributed by atoms with Gasteiger partial charge in [-0.3, -0.25) is 4.79 Å². The summed E-state index contributed by atoms with van der Waals surface area (Å²) in [5.74, 6) is 0.598. The van der Waals surface area contributed by atoms with Crippen molar-refractivity contribution in [3.05, 3.63) is 0 Å². The van der Waals surface area contributed by atoms with Crippen LogP contribution in [0.3, 0.4) is 0 Å². The molecule has 1 amide bonds. The molecule has 4 nitrogen and oxygen atoms in total. The van der Waals surface area contributed by atoms with Gasteiger partial charge in [-0.15, -0.1) is 0 Å². The largest absolute Gasteiger partial charge is 0.384 e. The molecule has 4 heteroatoms. The van der Waals surface area contributed by atoms with Gasteiger partial charge in [-0.1, -0.05) is 0 Å². The minimum atomic E-state index is 0.0994. The van der Waals surface area contributed by atoms with Gasteiger partial charge in [0.25, 0.3) is 0 Å². The Morgan fingerprint density at radius 1 is 1.53 bits per heavy atom. The first-order valence-corrected chi connectivity index (χ1v) is 5.51.